The van der Waals surface area contributed by atoms with Crippen LogP contribution in [0.15, 0.2) is 42.5 Å². The molecule has 2 aliphatic rings. The highest BCUT2D eigenvalue weighted by molar-refractivity contribution is 5.97. The lowest BCUT2D eigenvalue weighted by Gasteiger charge is -2.36. The first-order valence-electron chi connectivity index (χ1n) is 11.0. The molecular formula is C24H31N3O4. The van der Waals surface area contributed by atoms with Gasteiger partial charge in [-0.05, 0) is 31.2 Å². The maximum absolute atomic E-state index is 12.6. The van der Waals surface area contributed by atoms with E-state index >= 15 is 0 Å². The van der Waals surface area contributed by atoms with E-state index in [2.05, 4.69) is 21.2 Å². The van der Waals surface area contributed by atoms with Crippen LogP contribution >= 0.6 is 0 Å². The highest BCUT2D eigenvalue weighted by Gasteiger charge is 2.24. The van der Waals surface area contributed by atoms with E-state index in [0.717, 1.165) is 50.6 Å². The first-order chi connectivity index (χ1) is 15.2. The van der Waals surface area contributed by atoms with Crippen molar-refractivity contribution in [2.45, 2.75) is 18.9 Å². The zero-order chi connectivity index (χ0) is 21.6. The molecule has 2 aromatic carbocycles. The molecule has 1 saturated heterocycles. The van der Waals surface area contributed by atoms with Gasteiger partial charge >= 0.3 is 0 Å². The van der Waals surface area contributed by atoms with E-state index in [9.17, 15) is 9.90 Å². The Hall–Kier alpha value is -2.77. The molecule has 0 radical (unpaired) electrons. The van der Waals surface area contributed by atoms with Gasteiger partial charge in [-0.1, -0.05) is 24.3 Å². The third kappa shape index (κ3) is 4.94. The minimum atomic E-state index is -0.564. The molecule has 1 amide bonds. The number of hydrogen-bond acceptors (Lipinski definition) is 6. The average Bonchev–Trinajstić information content (AvgIpc) is 2.82. The largest absolute Gasteiger partial charge is 0.495 e. The van der Waals surface area contributed by atoms with Gasteiger partial charge in [0.1, 0.15) is 11.5 Å². The van der Waals surface area contributed by atoms with Crippen LogP contribution < -0.4 is 19.7 Å². The molecule has 0 aliphatic carbocycles. The minimum absolute atomic E-state index is 0.146. The van der Waals surface area contributed by atoms with Crippen molar-refractivity contribution in [3.05, 3.63) is 53.6 Å². The summed E-state index contributed by atoms with van der Waals surface area (Å²) in [5, 5.41) is 13.1. The molecule has 1 atom stereocenters. The summed E-state index contributed by atoms with van der Waals surface area (Å²) in [6.45, 7) is 5.89. The van der Waals surface area contributed by atoms with Crippen LogP contribution in [-0.2, 0) is 0 Å². The number of carbonyl (C=O) groups excluding carboxylic acids is 1. The summed E-state index contributed by atoms with van der Waals surface area (Å²) in [7, 11) is 1.71. The molecule has 31 heavy (non-hydrogen) atoms. The van der Waals surface area contributed by atoms with E-state index < -0.39 is 6.10 Å². The molecule has 166 valence electrons. The van der Waals surface area contributed by atoms with Crippen LogP contribution in [0.3, 0.4) is 0 Å². The normalized spacial score (nSPS) is 18.8. The molecule has 7 nitrogen and oxygen atoms in total. The first-order valence-corrected chi connectivity index (χ1v) is 11.0. The number of aliphatic hydroxyl groups excluding tert-OH is 1. The number of ether oxygens (including phenoxy) is 2. The lowest BCUT2D eigenvalue weighted by molar-refractivity contribution is 0.0932. The number of hydrogen-bond donors (Lipinski definition) is 2. The standard InChI is InChI=1S/C24H31N3O4/c1-30-22-9-3-2-8-20(22)27-15-13-26(14-16-27)12-5-11-25-24(29)19-7-4-6-18-21(28)10-17-31-23(18)19/h2-4,6-9,21,28H,5,10-17H2,1H3,(H,25,29). The Morgan fingerprint density at radius 3 is 2.77 bits per heavy atom. The zero-order valence-electron chi connectivity index (χ0n) is 18.0. The monoisotopic (exact) mass is 425 g/mol. The predicted octanol–water partition coefficient (Wildman–Crippen LogP) is 2.45. The molecule has 0 spiro atoms. The minimum Gasteiger partial charge on any atom is -0.495 e. The van der Waals surface area contributed by atoms with Crippen molar-refractivity contribution >= 4 is 11.6 Å². The number of nitrogens with one attached hydrogen (secondary N) is 1. The van der Waals surface area contributed by atoms with E-state index in [-0.39, 0.29) is 5.91 Å². The van der Waals surface area contributed by atoms with Crippen molar-refractivity contribution in [3.8, 4) is 11.5 Å². The lowest BCUT2D eigenvalue weighted by atomic mass is 9.99. The van der Waals surface area contributed by atoms with Crippen molar-refractivity contribution in [2.75, 3.05) is 57.9 Å². The molecule has 1 unspecified atom stereocenters. The summed E-state index contributed by atoms with van der Waals surface area (Å²) in [6.07, 6.45) is 0.882. The topological polar surface area (TPSA) is 74.3 Å². The third-order valence-corrected chi connectivity index (χ3v) is 6.02. The van der Waals surface area contributed by atoms with Gasteiger partial charge in [0.25, 0.3) is 5.91 Å². The predicted molar refractivity (Wildman–Crippen MR) is 120 cm³/mol. The highest BCUT2D eigenvalue weighted by atomic mass is 16.5. The number of rotatable bonds is 7. The summed E-state index contributed by atoms with van der Waals surface area (Å²) < 4.78 is 11.2. The molecule has 2 aromatic rings. The number of amides is 1. The van der Waals surface area contributed by atoms with E-state index in [1.165, 1.54) is 0 Å². The molecule has 2 aliphatic heterocycles. The summed E-state index contributed by atoms with van der Waals surface area (Å²) in [5.74, 6) is 1.29. The molecule has 2 N–H and O–H groups in total. The number of piperazine rings is 1. The fourth-order valence-corrected chi connectivity index (χ4v) is 4.29. The van der Waals surface area contributed by atoms with Gasteiger partial charge in [0.15, 0.2) is 0 Å². The fraction of sp³-hybridized carbons (Fsp3) is 0.458. The number of anilines is 1. The van der Waals surface area contributed by atoms with Gasteiger partial charge in [-0.2, -0.15) is 0 Å². The van der Waals surface area contributed by atoms with Crippen molar-refractivity contribution in [1.29, 1.82) is 0 Å². The molecule has 0 saturated carbocycles. The SMILES string of the molecule is COc1ccccc1N1CCN(CCCNC(=O)c2cccc3c2OCCC3O)CC1. The Morgan fingerprint density at radius 1 is 1.16 bits per heavy atom. The second-order valence-electron chi connectivity index (χ2n) is 7.99. The van der Waals surface area contributed by atoms with Crippen LogP contribution in [-0.4, -0.2) is 68.9 Å². The summed E-state index contributed by atoms with van der Waals surface area (Å²) in [5.41, 5.74) is 2.35. The molecule has 0 bridgehead atoms. The molecular weight excluding hydrogens is 394 g/mol. The number of carbonyl (C=O) groups is 1. The number of nitrogens with zero attached hydrogens (tertiary/aromatic N) is 2. The quantitative estimate of drug-likeness (QED) is 0.664. The lowest BCUT2D eigenvalue weighted by Crippen LogP contribution is -2.47. The molecule has 1 fully saturated rings. The maximum Gasteiger partial charge on any atom is 0.255 e. The first kappa shape index (κ1) is 21.5. The van der Waals surface area contributed by atoms with Crippen LogP contribution in [0, 0.1) is 0 Å². The van der Waals surface area contributed by atoms with Crippen LogP contribution in [0.5, 0.6) is 11.5 Å². The van der Waals surface area contributed by atoms with E-state index in [0.29, 0.717) is 36.4 Å². The zero-order valence-corrected chi connectivity index (χ0v) is 18.0. The molecule has 7 heteroatoms. The molecule has 4 rings (SSSR count). The highest BCUT2D eigenvalue weighted by Crippen LogP contribution is 2.34. The van der Waals surface area contributed by atoms with Crippen molar-refractivity contribution in [2.24, 2.45) is 0 Å². The average molecular weight is 426 g/mol. The Bertz CT molecular complexity index is 896. The molecule has 0 aromatic heterocycles. The number of aliphatic hydroxyl groups is 1. The van der Waals surface area contributed by atoms with E-state index in [1.54, 1.807) is 19.2 Å². The second-order valence-corrected chi connectivity index (χ2v) is 7.99. The van der Waals surface area contributed by atoms with Gasteiger partial charge in [0, 0.05) is 44.7 Å². The summed E-state index contributed by atoms with van der Waals surface area (Å²) in [6, 6.07) is 13.5. The van der Waals surface area contributed by atoms with Crippen molar-refractivity contribution < 1.29 is 19.4 Å². The Labute approximate surface area is 183 Å². The van der Waals surface area contributed by atoms with E-state index in [4.69, 9.17) is 9.47 Å². The Morgan fingerprint density at radius 2 is 1.97 bits per heavy atom. The third-order valence-electron chi connectivity index (χ3n) is 6.02. The van der Waals surface area contributed by atoms with Gasteiger partial charge in [-0.15, -0.1) is 0 Å². The van der Waals surface area contributed by atoms with Crippen molar-refractivity contribution in [3.63, 3.8) is 0 Å². The number of methoxy groups -OCH3 is 1. The van der Waals surface area contributed by atoms with Gasteiger partial charge < -0.3 is 24.8 Å². The molecule has 2 heterocycles. The maximum atomic E-state index is 12.6. The number of para-hydroxylation sites is 3. The fourth-order valence-electron chi connectivity index (χ4n) is 4.29. The number of benzene rings is 2. The van der Waals surface area contributed by atoms with Gasteiger partial charge in [0.05, 0.1) is 31.1 Å². The van der Waals surface area contributed by atoms with Gasteiger partial charge in [-0.3, -0.25) is 9.69 Å². The van der Waals surface area contributed by atoms with Gasteiger partial charge in [-0.25, -0.2) is 0 Å². The van der Waals surface area contributed by atoms with E-state index in [1.807, 2.05) is 24.3 Å². The van der Waals surface area contributed by atoms with Crippen LogP contribution in [0.25, 0.3) is 0 Å². The number of fused-ring (bicyclic) bond motifs is 1. The Kier molecular flexibility index (Phi) is 6.94. The van der Waals surface area contributed by atoms with Crippen LogP contribution in [0.2, 0.25) is 0 Å². The van der Waals surface area contributed by atoms with Crippen LogP contribution in [0.4, 0.5) is 5.69 Å². The Balaban J connectivity index is 1.22. The second kappa shape index (κ2) is 10.0. The summed E-state index contributed by atoms with van der Waals surface area (Å²) >= 11 is 0. The van der Waals surface area contributed by atoms with Crippen LogP contribution in [0.1, 0.15) is 34.9 Å². The smallest absolute Gasteiger partial charge is 0.255 e. The van der Waals surface area contributed by atoms with Crippen molar-refractivity contribution in [1.82, 2.24) is 10.2 Å². The van der Waals surface area contributed by atoms with Gasteiger partial charge in [0.2, 0.25) is 0 Å². The summed E-state index contributed by atoms with van der Waals surface area (Å²) in [4.78, 5) is 17.4.